The van der Waals surface area contributed by atoms with Gasteiger partial charge in [-0.15, -0.1) is 0 Å². The van der Waals surface area contributed by atoms with Crippen molar-refractivity contribution in [1.29, 1.82) is 0 Å². The van der Waals surface area contributed by atoms with Crippen LogP contribution in [0.4, 0.5) is 10.8 Å². The molecule has 0 saturated heterocycles. The van der Waals surface area contributed by atoms with Gasteiger partial charge in [-0.2, -0.15) is 0 Å². The van der Waals surface area contributed by atoms with E-state index in [-0.39, 0.29) is 17.6 Å². The fraction of sp³-hybridized carbons (Fsp3) is 0.0500. The van der Waals surface area contributed by atoms with E-state index in [1.807, 2.05) is 42.5 Å². The van der Waals surface area contributed by atoms with Gasteiger partial charge in [-0.05, 0) is 35.9 Å². The molecule has 4 rings (SSSR count). The second-order valence-corrected chi connectivity index (χ2v) is 6.87. The highest BCUT2D eigenvalue weighted by Crippen LogP contribution is 2.28. The van der Waals surface area contributed by atoms with Crippen LogP contribution in [-0.4, -0.2) is 16.8 Å². The largest absolute Gasteiger partial charge is 0.459 e. The minimum absolute atomic E-state index is 0.0867. The lowest BCUT2D eigenvalue weighted by atomic mass is 10.1. The van der Waals surface area contributed by atoms with E-state index >= 15 is 0 Å². The second-order valence-electron chi connectivity index (χ2n) is 5.84. The summed E-state index contributed by atoms with van der Waals surface area (Å²) in [5.74, 6) is -0.213. The predicted molar refractivity (Wildman–Crippen MR) is 105 cm³/mol. The van der Waals surface area contributed by atoms with E-state index in [0.29, 0.717) is 17.2 Å². The molecule has 6 nitrogen and oxygen atoms in total. The van der Waals surface area contributed by atoms with Crippen LogP contribution in [0.15, 0.2) is 71.3 Å². The lowest BCUT2D eigenvalue weighted by molar-refractivity contribution is -0.115. The summed E-state index contributed by atoms with van der Waals surface area (Å²) in [7, 11) is 0. The molecule has 0 aliphatic rings. The third-order valence-corrected chi connectivity index (χ3v) is 4.78. The van der Waals surface area contributed by atoms with Crippen LogP contribution in [0.25, 0.3) is 10.2 Å². The Kier molecular flexibility index (Phi) is 4.67. The SMILES string of the molecule is O=C(Cc1ccccc1)Nc1ccc2nc(NC(=O)c3ccco3)sc2c1. The average molecular weight is 377 g/mol. The molecule has 0 aliphatic carbocycles. The summed E-state index contributed by atoms with van der Waals surface area (Å²) in [6.45, 7) is 0. The monoisotopic (exact) mass is 377 g/mol. The Labute approximate surface area is 158 Å². The van der Waals surface area contributed by atoms with Crippen LogP contribution in [0, 0.1) is 0 Å². The molecule has 4 aromatic rings. The van der Waals surface area contributed by atoms with E-state index in [4.69, 9.17) is 4.42 Å². The van der Waals surface area contributed by atoms with E-state index in [1.165, 1.54) is 17.6 Å². The molecule has 2 heterocycles. The smallest absolute Gasteiger partial charge is 0.293 e. The Morgan fingerprint density at radius 2 is 1.85 bits per heavy atom. The first-order valence-electron chi connectivity index (χ1n) is 8.26. The van der Waals surface area contributed by atoms with E-state index in [1.54, 1.807) is 18.2 Å². The van der Waals surface area contributed by atoms with Crippen molar-refractivity contribution < 1.29 is 14.0 Å². The van der Waals surface area contributed by atoms with Crippen molar-refractivity contribution in [3.63, 3.8) is 0 Å². The van der Waals surface area contributed by atoms with Gasteiger partial charge in [0.05, 0.1) is 22.9 Å². The first kappa shape index (κ1) is 17.0. The Bertz CT molecular complexity index is 1090. The summed E-state index contributed by atoms with van der Waals surface area (Å²) in [5.41, 5.74) is 2.39. The second kappa shape index (κ2) is 7.43. The fourth-order valence-electron chi connectivity index (χ4n) is 2.61. The third-order valence-electron chi connectivity index (χ3n) is 3.85. The molecule has 0 bridgehead atoms. The summed E-state index contributed by atoms with van der Waals surface area (Å²) in [6.07, 6.45) is 1.75. The van der Waals surface area contributed by atoms with Gasteiger partial charge in [-0.1, -0.05) is 41.7 Å². The minimum Gasteiger partial charge on any atom is -0.459 e. The predicted octanol–water partition coefficient (Wildman–Crippen LogP) is 4.32. The van der Waals surface area contributed by atoms with Gasteiger partial charge in [0.25, 0.3) is 5.91 Å². The molecule has 134 valence electrons. The molecule has 0 saturated carbocycles. The Morgan fingerprint density at radius 3 is 2.63 bits per heavy atom. The molecule has 7 heteroatoms. The lowest BCUT2D eigenvalue weighted by Gasteiger charge is -2.05. The number of aromatic nitrogens is 1. The molecular weight excluding hydrogens is 362 g/mol. The average Bonchev–Trinajstić information content (AvgIpc) is 3.31. The Balaban J connectivity index is 1.46. The number of thiazole rings is 1. The third kappa shape index (κ3) is 4.04. The molecule has 27 heavy (non-hydrogen) atoms. The maximum atomic E-state index is 12.2. The highest BCUT2D eigenvalue weighted by Gasteiger charge is 2.12. The van der Waals surface area contributed by atoms with Crippen LogP contribution in [0.5, 0.6) is 0 Å². The van der Waals surface area contributed by atoms with E-state index in [9.17, 15) is 9.59 Å². The Hall–Kier alpha value is -3.45. The van der Waals surface area contributed by atoms with Crippen molar-refractivity contribution >= 4 is 44.2 Å². The van der Waals surface area contributed by atoms with Crippen LogP contribution in [0.1, 0.15) is 16.1 Å². The first-order chi connectivity index (χ1) is 13.2. The van der Waals surface area contributed by atoms with Gasteiger partial charge in [-0.25, -0.2) is 4.98 Å². The van der Waals surface area contributed by atoms with Crippen LogP contribution in [0.3, 0.4) is 0 Å². The van der Waals surface area contributed by atoms with Gasteiger partial charge in [0.1, 0.15) is 0 Å². The van der Waals surface area contributed by atoms with Crippen molar-refractivity contribution in [2.75, 3.05) is 10.6 Å². The Morgan fingerprint density at radius 1 is 1.00 bits per heavy atom. The van der Waals surface area contributed by atoms with Crippen LogP contribution >= 0.6 is 11.3 Å². The fourth-order valence-corrected chi connectivity index (χ4v) is 3.51. The summed E-state index contributed by atoms with van der Waals surface area (Å²) >= 11 is 1.33. The number of benzene rings is 2. The van der Waals surface area contributed by atoms with Gasteiger partial charge in [0.2, 0.25) is 5.91 Å². The van der Waals surface area contributed by atoms with Gasteiger partial charge < -0.3 is 9.73 Å². The summed E-state index contributed by atoms with van der Waals surface area (Å²) < 4.78 is 5.93. The minimum atomic E-state index is -0.351. The highest BCUT2D eigenvalue weighted by molar-refractivity contribution is 7.22. The molecule has 0 atom stereocenters. The van der Waals surface area contributed by atoms with Gasteiger partial charge in [0.15, 0.2) is 10.9 Å². The van der Waals surface area contributed by atoms with E-state index < -0.39 is 0 Å². The zero-order chi connectivity index (χ0) is 18.6. The molecule has 2 N–H and O–H groups in total. The molecule has 0 unspecified atom stereocenters. The first-order valence-corrected chi connectivity index (χ1v) is 9.08. The van der Waals surface area contributed by atoms with Crippen LogP contribution in [-0.2, 0) is 11.2 Å². The number of rotatable bonds is 5. The maximum absolute atomic E-state index is 12.2. The number of hydrogen-bond acceptors (Lipinski definition) is 5. The topological polar surface area (TPSA) is 84.2 Å². The number of fused-ring (bicyclic) bond motifs is 1. The molecular formula is C20H15N3O3S. The number of furan rings is 1. The molecule has 2 aromatic carbocycles. The summed E-state index contributed by atoms with van der Waals surface area (Å²) in [5, 5.41) is 6.08. The number of carbonyl (C=O) groups is 2. The number of nitrogens with one attached hydrogen (secondary N) is 2. The number of anilines is 2. The molecule has 0 fully saturated rings. The summed E-state index contributed by atoms with van der Waals surface area (Å²) in [6, 6.07) is 18.3. The van der Waals surface area contributed by atoms with Gasteiger partial charge in [0, 0.05) is 5.69 Å². The summed E-state index contributed by atoms with van der Waals surface area (Å²) in [4.78, 5) is 28.6. The van der Waals surface area contributed by atoms with Crippen molar-refractivity contribution in [2.24, 2.45) is 0 Å². The molecule has 0 aliphatic heterocycles. The normalized spacial score (nSPS) is 10.7. The standard InChI is InChI=1S/C20H15N3O3S/c24-18(11-13-5-2-1-3-6-13)21-14-8-9-15-17(12-14)27-20(22-15)23-19(25)16-7-4-10-26-16/h1-10,12H,11H2,(H,21,24)(H,22,23,25). The zero-order valence-corrected chi connectivity index (χ0v) is 15.0. The van der Waals surface area contributed by atoms with Crippen LogP contribution in [0.2, 0.25) is 0 Å². The van der Waals surface area contributed by atoms with Crippen molar-refractivity contribution in [3.05, 3.63) is 78.3 Å². The molecule has 2 aromatic heterocycles. The lowest BCUT2D eigenvalue weighted by Crippen LogP contribution is -2.14. The van der Waals surface area contributed by atoms with Crippen molar-refractivity contribution in [1.82, 2.24) is 4.98 Å². The molecule has 0 radical (unpaired) electrons. The van der Waals surface area contributed by atoms with Crippen molar-refractivity contribution in [2.45, 2.75) is 6.42 Å². The molecule has 0 spiro atoms. The van der Waals surface area contributed by atoms with Crippen molar-refractivity contribution in [3.8, 4) is 0 Å². The van der Waals surface area contributed by atoms with Gasteiger partial charge in [-0.3, -0.25) is 14.9 Å². The van der Waals surface area contributed by atoms with Crippen LogP contribution < -0.4 is 10.6 Å². The quantitative estimate of drug-likeness (QED) is 0.542. The van der Waals surface area contributed by atoms with E-state index in [2.05, 4.69) is 15.6 Å². The number of amides is 2. The highest BCUT2D eigenvalue weighted by atomic mass is 32.1. The number of hydrogen-bond donors (Lipinski definition) is 2. The van der Waals surface area contributed by atoms with E-state index in [0.717, 1.165) is 15.8 Å². The zero-order valence-electron chi connectivity index (χ0n) is 14.1. The number of carbonyl (C=O) groups excluding carboxylic acids is 2. The maximum Gasteiger partial charge on any atom is 0.293 e. The number of nitrogens with zero attached hydrogens (tertiary/aromatic N) is 1. The molecule has 2 amide bonds. The van der Waals surface area contributed by atoms with Gasteiger partial charge >= 0.3 is 0 Å².